The summed E-state index contributed by atoms with van der Waals surface area (Å²) in [6, 6.07) is 12.8. The molecule has 9 heteroatoms. The van der Waals surface area contributed by atoms with Gasteiger partial charge in [0.05, 0.1) is 17.0 Å². The number of carbonyl (C=O) groups excluding carboxylic acids is 2. The van der Waals surface area contributed by atoms with E-state index in [1.165, 1.54) is 16.4 Å². The number of para-hydroxylation sites is 1. The quantitative estimate of drug-likeness (QED) is 0.650. The number of sulfonamides is 1. The van der Waals surface area contributed by atoms with E-state index in [1.54, 1.807) is 36.4 Å². The van der Waals surface area contributed by atoms with Crippen molar-refractivity contribution in [2.45, 2.75) is 17.7 Å². The van der Waals surface area contributed by atoms with Gasteiger partial charge in [-0.05, 0) is 43.2 Å². The number of primary amides is 1. The van der Waals surface area contributed by atoms with Gasteiger partial charge in [0.15, 0.2) is 0 Å². The second-order valence-electron chi connectivity index (χ2n) is 6.45. The number of hydrogen-bond donors (Lipinski definition) is 3. The molecule has 2 amide bonds. The molecule has 4 N–H and O–H groups in total. The molecule has 0 unspecified atom stereocenters. The van der Waals surface area contributed by atoms with Gasteiger partial charge >= 0.3 is 0 Å². The predicted octanol–water partition coefficient (Wildman–Crippen LogP) is 1.62. The molecule has 2 aromatic rings. The Labute approximate surface area is 163 Å². The molecule has 0 atom stereocenters. The molecule has 1 aliphatic heterocycles. The first kappa shape index (κ1) is 19.8. The topological polar surface area (TPSA) is 122 Å². The maximum atomic E-state index is 12.6. The monoisotopic (exact) mass is 402 g/mol. The molecule has 0 spiro atoms. The van der Waals surface area contributed by atoms with Crippen LogP contribution in [0, 0.1) is 0 Å². The fourth-order valence-corrected chi connectivity index (χ4v) is 4.61. The highest BCUT2D eigenvalue weighted by Gasteiger charge is 2.27. The van der Waals surface area contributed by atoms with E-state index in [9.17, 15) is 18.0 Å². The fraction of sp³-hybridized carbons (Fsp3) is 0.263. The van der Waals surface area contributed by atoms with Crippen LogP contribution >= 0.6 is 0 Å². The van der Waals surface area contributed by atoms with Crippen molar-refractivity contribution in [3.8, 4) is 0 Å². The van der Waals surface area contributed by atoms with E-state index in [1.807, 2.05) is 0 Å². The molecule has 0 radical (unpaired) electrons. The molecule has 0 saturated carbocycles. The maximum absolute atomic E-state index is 12.6. The molecule has 1 saturated heterocycles. The number of benzene rings is 2. The van der Waals surface area contributed by atoms with Crippen molar-refractivity contribution >= 4 is 33.2 Å². The van der Waals surface area contributed by atoms with Gasteiger partial charge in [0.1, 0.15) is 0 Å². The molecular formula is C19H22N4O4S. The Morgan fingerprint density at radius 1 is 1.04 bits per heavy atom. The van der Waals surface area contributed by atoms with Gasteiger partial charge in [-0.3, -0.25) is 9.59 Å². The molecule has 8 nitrogen and oxygen atoms in total. The van der Waals surface area contributed by atoms with Crippen LogP contribution in [0.2, 0.25) is 0 Å². The Balaban J connectivity index is 1.66. The van der Waals surface area contributed by atoms with Gasteiger partial charge in [-0.15, -0.1) is 0 Å². The Hall–Kier alpha value is -2.91. The number of amides is 2. The Morgan fingerprint density at radius 3 is 2.46 bits per heavy atom. The summed E-state index contributed by atoms with van der Waals surface area (Å²) in [6.07, 6.45) is 1.71. The third-order valence-corrected chi connectivity index (χ3v) is 6.35. The van der Waals surface area contributed by atoms with E-state index >= 15 is 0 Å². The summed E-state index contributed by atoms with van der Waals surface area (Å²) < 4.78 is 26.7. The molecule has 0 aliphatic carbocycles. The van der Waals surface area contributed by atoms with Gasteiger partial charge in [0.25, 0.3) is 5.91 Å². The summed E-state index contributed by atoms with van der Waals surface area (Å²) in [6.45, 7) is 0.928. The minimum Gasteiger partial charge on any atom is -0.376 e. The number of nitrogens with zero attached hydrogens (tertiary/aromatic N) is 1. The summed E-state index contributed by atoms with van der Waals surface area (Å²) in [5.74, 6) is -0.974. The lowest BCUT2D eigenvalue weighted by Gasteiger charge is -2.16. The second kappa shape index (κ2) is 8.41. The summed E-state index contributed by atoms with van der Waals surface area (Å²) in [5.41, 5.74) is 6.44. The number of hydrogen-bond acceptors (Lipinski definition) is 5. The molecular weight excluding hydrogens is 380 g/mol. The molecule has 3 rings (SSSR count). The van der Waals surface area contributed by atoms with Crippen LogP contribution in [-0.4, -0.2) is 44.2 Å². The highest BCUT2D eigenvalue weighted by molar-refractivity contribution is 7.89. The molecule has 1 heterocycles. The smallest absolute Gasteiger partial charge is 0.250 e. The molecule has 28 heavy (non-hydrogen) atoms. The van der Waals surface area contributed by atoms with E-state index in [0.29, 0.717) is 24.5 Å². The van der Waals surface area contributed by atoms with Crippen LogP contribution in [0.15, 0.2) is 53.4 Å². The normalized spacial score (nSPS) is 14.6. The first-order valence-corrected chi connectivity index (χ1v) is 10.3. The van der Waals surface area contributed by atoms with Crippen LogP contribution in [0.4, 0.5) is 11.4 Å². The third kappa shape index (κ3) is 4.49. The Bertz CT molecular complexity index is 985. The van der Waals surface area contributed by atoms with Gasteiger partial charge in [-0.1, -0.05) is 18.2 Å². The van der Waals surface area contributed by atoms with Crippen molar-refractivity contribution in [1.82, 2.24) is 4.31 Å². The summed E-state index contributed by atoms with van der Waals surface area (Å²) in [5, 5.41) is 5.53. The summed E-state index contributed by atoms with van der Waals surface area (Å²) in [7, 11) is -3.55. The van der Waals surface area contributed by atoms with Crippen molar-refractivity contribution in [1.29, 1.82) is 0 Å². The summed E-state index contributed by atoms with van der Waals surface area (Å²) in [4.78, 5) is 23.8. The standard InChI is InChI=1S/C19H22N4O4S/c20-19(25)16-8-1-2-9-17(16)21-13-18(24)22-14-6-5-7-15(12-14)28(26,27)23-10-3-4-11-23/h1-2,5-9,12,21H,3-4,10-11,13H2,(H2,20,25)(H,22,24). The van der Waals surface area contributed by atoms with Crippen LogP contribution in [0.5, 0.6) is 0 Å². The number of anilines is 2. The van der Waals surface area contributed by atoms with Gasteiger partial charge in [-0.2, -0.15) is 4.31 Å². The van der Waals surface area contributed by atoms with Crippen LogP contribution < -0.4 is 16.4 Å². The number of nitrogens with two attached hydrogens (primary N) is 1. The average Bonchev–Trinajstić information content (AvgIpc) is 3.22. The fourth-order valence-electron chi connectivity index (χ4n) is 3.04. The van der Waals surface area contributed by atoms with Crippen LogP contribution in [-0.2, 0) is 14.8 Å². The molecule has 1 fully saturated rings. The van der Waals surface area contributed by atoms with Crippen molar-refractivity contribution in [2.24, 2.45) is 5.73 Å². The van der Waals surface area contributed by atoms with E-state index in [4.69, 9.17) is 5.73 Å². The first-order chi connectivity index (χ1) is 13.4. The highest BCUT2D eigenvalue weighted by atomic mass is 32.2. The van der Waals surface area contributed by atoms with E-state index in [2.05, 4.69) is 10.6 Å². The van der Waals surface area contributed by atoms with Gasteiger partial charge in [-0.25, -0.2) is 8.42 Å². The maximum Gasteiger partial charge on any atom is 0.250 e. The average molecular weight is 402 g/mol. The zero-order valence-corrected chi connectivity index (χ0v) is 16.0. The van der Waals surface area contributed by atoms with Crippen LogP contribution in [0.3, 0.4) is 0 Å². The van der Waals surface area contributed by atoms with Crippen LogP contribution in [0.1, 0.15) is 23.2 Å². The Kier molecular flexibility index (Phi) is 5.96. The van der Waals surface area contributed by atoms with Gasteiger partial charge < -0.3 is 16.4 Å². The van der Waals surface area contributed by atoms with Gasteiger partial charge in [0.2, 0.25) is 15.9 Å². The molecule has 148 valence electrons. The zero-order chi connectivity index (χ0) is 20.1. The van der Waals surface area contributed by atoms with Gasteiger partial charge in [0, 0.05) is 24.5 Å². The minimum atomic E-state index is -3.55. The van der Waals surface area contributed by atoms with E-state index < -0.39 is 15.9 Å². The van der Waals surface area contributed by atoms with E-state index in [0.717, 1.165) is 12.8 Å². The number of nitrogens with one attached hydrogen (secondary N) is 2. The third-order valence-electron chi connectivity index (χ3n) is 4.45. The summed E-state index contributed by atoms with van der Waals surface area (Å²) >= 11 is 0. The number of rotatable bonds is 7. The van der Waals surface area contributed by atoms with E-state index in [-0.39, 0.29) is 22.9 Å². The lowest BCUT2D eigenvalue weighted by Crippen LogP contribution is -2.28. The molecule has 0 bridgehead atoms. The van der Waals surface area contributed by atoms with Crippen molar-refractivity contribution < 1.29 is 18.0 Å². The highest BCUT2D eigenvalue weighted by Crippen LogP contribution is 2.23. The van der Waals surface area contributed by atoms with Crippen molar-refractivity contribution in [3.05, 3.63) is 54.1 Å². The number of carbonyl (C=O) groups is 2. The first-order valence-electron chi connectivity index (χ1n) is 8.91. The molecule has 0 aromatic heterocycles. The predicted molar refractivity (Wildman–Crippen MR) is 107 cm³/mol. The van der Waals surface area contributed by atoms with Crippen LogP contribution in [0.25, 0.3) is 0 Å². The zero-order valence-electron chi connectivity index (χ0n) is 15.2. The van der Waals surface area contributed by atoms with Crippen molar-refractivity contribution in [2.75, 3.05) is 30.3 Å². The lowest BCUT2D eigenvalue weighted by molar-refractivity contribution is -0.114. The molecule has 2 aromatic carbocycles. The molecule has 1 aliphatic rings. The lowest BCUT2D eigenvalue weighted by atomic mass is 10.1. The Morgan fingerprint density at radius 2 is 1.75 bits per heavy atom. The minimum absolute atomic E-state index is 0.104. The van der Waals surface area contributed by atoms with Crippen molar-refractivity contribution in [3.63, 3.8) is 0 Å². The second-order valence-corrected chi connectivity index (χ2v) is 8.39. The SMILES string of the molecule is NC(=O)c1ccccc1NCC(=O)Nc1cccc(S(=O)(=O)N2CCCC2)c1. The largest absolute Gasteiger partial charge is 0.376 e.